The summed E-state index contributed by atoms with van der Waals surface area (Å²) < 4.78 is 13.1. The Morgan fingerprint density at radius 3 is 2.76 bits per heavy atom. The molecule has 0 saturated heterocycles. The Hall–Kier alpha value is -1.44. The van der Waals surface area contributed by atoms with E-state index in [-0.39, 0.29) is 17.3 Å². The van der Waals surface area contributed by atoms with Crippen molar-refractivity contribution in [2.45, 2.75) is 6.10 Å². The number of rotatable bonds is 5. The topological polar surface area (TPSA) is 95.6 Å². The molecule has 0 aliphatic heterocycles. The van der Waals surface area contributed by atoms with Crippen LogP contribution in [-0.4, -0.2) is 34.4 Å². The zero-order valence-corrected chi connectivity index (χ0v) is 9.32. The third kappa shape index (κ3) is 3.52. The van der Waals surface area contributed by atoms with Crippen LogP contribution in [-0.2, 0) is 0 Å². The standard InChI is InChI=1S/C9H10ClFN2O4/c10-6-1-9(13(16)17)8(2-7(6)11)12-3-5(15)4-14/h1-2,5,12,14-15H,3-4H2. The van der Waals surface area contributed by atoms with E-state index in [1.807, 2.05) is 0 Å². The summed E-state index contributed by atoms with van der Waals surface area (Å²) in [4.78, 5) is 9.95. The van der Waals surface area contributed by atoms with Crippen molar-refractivity contribution in [2.75, 3.05) is 18.5 Å². The molecule has 1 unspecified atom stereocenters. The SMILES string of the molecule is O=[N+]([O-])c1cc(Cl)c(F)cc1NCC(O)CO. The highest BCUT2D eigenvalue weighted by molar-refractivity contribution is 6.31. The fourth-order valence-electron chi connectivity index (χ4n) is 1.12. The van der Waals surface area contributed by atoms with Gasteiger partial charge in [-0.1, -0.05) is 11.6 Å². The zero-order valence-electron chi connectivity index (χ0n) is 8.56. The van der Waals surface area contributed by atoms with Crippen LogP contribution < -0.4 is 5.32 Å². The Labute approximate surface area is 101 Å². The van der Waals surface area contributed by atoms with Crippen LogP contribution in [0.1, 0.15) is 0 Å². The number of anilines is 1. The van der Waals surface area contributed by atoms with Crippen LogP contribution in [0.3, 0.4) is 0 Å². The molecule has 0 aliphatic rings. The molecule has 1 rings (SSSR count). The molecule has 0 heterocycles. The fraction of sp³-hybridized carbons (Fsp3) is 0.333. The van der Waals surface area contributed by atoms with Crippen LogP contribution >= 0.6 is 11.6 Å². The largest absolute Gasteiger partial charge is 0.394 e. The normalized spacial score (nSPS) is 12.2. The number of nitrogens with zero attached hydrogens (tertiary/aromatic N) is 1. The van der Waals surface area contributed by atoms with Crippen LogP contribution in [0.25, 0.3) is 0 Å². The first-order valence-electron chi connectivity index (χ1n) is 4.62. The second kappa shape index (κ2) is 5.76. The molecule has 1 aromatic rings. The summed E-state index contributed by atoms with van der Waals surface area (Å²) in [6.07, 6.45) is -1.09. The summed E-state index contributed by atoms with van der Waals surface area (Å²) in [7, 11) is 0. The van der Waals surface area contributed by atoms with E-state index in [1.54, 1.807) is 0 Å². The van der Waals surface area contributed by atoms with E-state index in [0.29, 0.717) is 0 Å². The second-order valence-electron chi connectivity index (χ2n) is 3.26. The molecule has 1 aromatic carbocycles. The van der Waals surface area contributed by atoms with Gasteiger partial charge < -0.3 is 15.5 Å². The maximum atomic E-state index is 13.1. The Balaban J connectivity index is 2.96. The van der Waals surface area contributed by atoms with Crippen LogP contribution in [0.15, 0.2) is 12.1 Å². The molecular formula is C9H10ClFN2O4. The van der Waals surface area contributed by atoms with Gasteiger partial charge in [0.1, 0.15) is 11.5 Å². The first-order chi connectivity index (χ1) is 7.95. The van der Waals surface area contributed by atoms with Crippen molar-refractivity contribution < 1.29 is 19.5 Å². The van der Waals surface area contributed by atoms with Crippen molar-refractivity contribution in [3.8, 4) is 0 Å². The number of hydrogen-bond acceptors (Lipinski definition) is 5. The molecule has 0 radical (unpaired) electrons. The predicted molar refractivity (Wildman–Crippen MR) is 59.6 cm³/mol. The van der Waals surface area contributed by atoms with Gasteiger partial charge in [-0.25, -0.2) is 4.39 Å². The van der Waals surface area contributed by atoms with E-state index in [0.717, 1.165) is 12.1 Å². The smallest absolute Gasteiger partial charge is 0.294 e. The average Bonchev–Trinajstić information content (AvgIpc) is 2.29. The molecule has 0 aliphatic carbocycles. The van der Waals surface area contributed by atoms with Crippen molar-refractivity contribution in [1.29, 1.82) is 0 Å². The van der Waals surface area contributed by atoms with Crippen molar-refractivity contribution >= 4 is 23.0 Å². The Morgan fingerprint density at radius 1 is 1.59 bits per heavy atom. The number of halogens is 2. The number of hydrogen-bond donors (Lipinski definition) is 3. The van der Waals surface area contributed by atoms with Gasteiger partial charge in [0, 0.05) is 18.7 Å². The van der Waals surface area contributed by atoms with Crippen molar-refractivity contribution in [2.24, 2.45) is 0 Å². The number of nitrogens with one attached hydrogen (secondary N) is 1. The quantitative estimate of drug-likeness (QED) is 0.548. The van der Waals surface area contributed by atoms with E-state index < -0.39 is 29.1 Å². The van der Waals surface area contributed by atoms with E-state index in [9.17, 15) is 14.5 Å². The van der Waals surface area contributed by atoms with Gasteiger partial charge in [-0.3, -0.25) is 10.1 Å². The van der Waals surface area contributed by atoms with Gasteiger partial charge in [0.05, 0.1) is 22.7 Å². The van der Waals surface area contributed by atoms with Crippen molar-refractivity contribution in [1.82, 2.24) is 0 Å². The monoisotopic (exact) mass is 264 g/mol. The molecule has 94 valence electrons. The first kappa shape index (κ1) is 13.6. The Morgan fingerprint density at radius 2 is 2.24 bits per heavy atom. The lowest BCUT2D eigenvalue weighted by Gasteiger charge is -2.10. The lowest BCUT2D eigenvalue weighted by atomic mass is 10.2. The van der Waals surface area contributed by atoms with E-state index >= 15 is 0 Å². The maximum Gasteiger partial charge on any atom is 0.294 e. The highest BCUT2D eigenvalue weighted by atomic mass is 35.5. The van der Waals surface area contributed by atoms with Gasteiger partial charge in [-0.2, -0.15) is 0 Å². The molecule has 0 fully saturated rings. The molecule has 1 atom stereocenters. The average molecular weight is 265 g/mol. The van der Waals surface area contributed by atoms with Crippen molar-refractivity contribution in [3.63, 3.8) is 0 Å². The Bertz CT molecular complexity index is 430. The molecular weight excluding hydrogens is 255 g/mol. The van der Waals surface area contributed by atoms with Crippen LogP contribution in [0.2, 0.25) is 5.02 Å². The summed E-state index contributed by atoms with van der Waals surface area (Å²) in [5.41, 5.74) is -0.508. The minimum absolute atomic E-state index is 0.107. The highest BCUT2D eigenvalue weighted by Crippen LogP contribution is 2.30. The summed E-state index contributed by atoms with van der Waals surface area (Å²) >= 11 is 5.42. The Kier molecular flexibility index (Phi) is 4.62. The van der Waals surface area contributed by atoms with E-state index in [1.165, 1.54) is 0 Å². The van der Waals surface area contributed by atoms with E-state index in [2.05, 4.69) is 5.32 Å². The van der Waals surface area contributed by atoms with Gasteiger partial charge in [0.2, 0.25) is 0 Å². The molecule has 0 aromatic heterocycles. The molecule has 3 N–H and O–H groups in total. The molecule has 0 spiro atoms. The zero-order chi connectivity index (χ0) is 13.0. The summed E-state index contributed by atoms with van der Waals surface area (Å²) in [5.74, 6) is -0.807. The lowest BCUT2D eigenvalue weighted by molar-refractivity contribution is -0.384. The third-order valence-electron chi connectivity index (χ3n) is 1.97. The second-order valence-corrected chi connectivity index (χ2v) is 3.67. The summed E-state index contributed by atoms with van der Waals surface area (Å²) in [6, 6.07) is 1.75. The van der Waals surface area contributed by atoms with E-state index in [4.69, 9.17) is 21.8 Å². The third-order valence-corrected chi connectivity index (χ3v) is 2.26. The molecule has 0 saturated carbocycles. The van der Waals surface area contributed by atoms with Crippen LogP contribution in [0, 0.1) is 15.9 Å². The van der Waals surface area contributed by atoms with Gasteiger partial charge in [0.15, 0.2) is 0 Å². The van der Waals surface area contributed by atoms with Gasteiger partial charge in [-0.05, 0) is 0 Å². The highest BCUT2D eigenvalue weighted by Gasteiger charge is 2.18. The predicted octanol–water partition coefficient (Wildman–Crippen LogP) is 1.15. The van der Waals surface area contributed by atoms with Crippen LogP contribution in [0.4, 0.5) is 15.8 Å². The summed E-state index contributed by atoms with van der Waals surface area (Å²) in [5, 5.41) is 30.4. The minimum atomic E-state index is -1.09. The maximum absolute atomic E-state index is 13.1. The van der Waals surface area contributed by atoms with Gasteiger partial charge in [-0.15, -0.1) is 0 Å². The summed E-state index contributed by atoms with van der Waals surface area (Å²) in [6.45, 7) is -0.644. The van der Waals surface area contributed by atoms with Gasteiger partial charge in [0.25, 0.3) is 5.69 Å². The number of nitro benzene ring substituents is 1. The fourth-order valence-corrected chi connectivity index (χ4v) is 1.28. The first-order valence-corrected chi connectivity index (χ1v) is 4.99. The van der Waals surface area contributed by atoms with Crippen LogP contribution in [0.5, 0.6) is 0 Å². The number of aliphatic hydroxyl groups excluding tert-OH is 2. The molecule has 0 bridgehead atoms. The molecule has 17 heavy (non-hydrogen) atoms. The van der Waals surface area contributed by atoms with Gasteiger partial charge >= 0.3 is 0 Å². The number of nitro groups is 1. The molecule has 8 heteroatoms. The lowest BCUT2D eigenvalue weighted by Crippen LogP contribution is -2.23. The van der Waals surface area contributed by atoms with Crippen molar-refractivity contribution in [3.05, 3.63) is 33.1 Å². The molecule has 6 nitrogen and oxygen atoms in total. The number of aliphatic hydroxyl groups is 2. The number of benzene rings is 1. The molecule has 0 amide bonds. The minimum Gasteiger partial charge on any atom is -0.394 e.